The predicted octanol–water partition coefficient (Wildman–Crippen LogP) is 0.397. The van der Waals surface area contributed by atoms with Crippen LogP contribution in [-0.2, 0) is 23.3 Å². The van der Waals surface area contributed by atoms with Crippen molar-refractivity contribution in [1.29, 1.82) is 0 Å². The van der Waals surface area contributed by atoms with Crippen LogP contribution in [0, 0.1) is 27.7 Å². The minimum atomic E-state index is 0. The number of halogens is 2. The van der Waals surface area contributed by atoms with Gasteiger partial charge in [-0.1, -0.05) is 27.7 Å². The summed E-state index contributed by atoms with van der Waals surface area (Å²) in [6, 6.07) is 12.8. The Kier molecular flexibility index (Phi) is 19.0. The van der Waals surface area contributed by atoms with Crippen LogP contribution in [-0.4, -0.2) is 5.43 Å². The van der Waals surface area contributed by atoms with Gasteiger partial charge in [-0.25, -0.2) is 23.3 Å². The van der Waals surface area contributed by atoms with Gasteiger partial charge in [0, 0.05) is 0 Å². The molecule has 2 aromatic carbocycles. The van der Waals surface area contributed by atoms with Crippen molar-refractivity contribution in [2.24, 2.45) is 0 Å². The van der Waals surface area contributed by atoms with Crippen LogP contribution in [0.3, 0.4) is 0 Å². The van der Waals surface area contributed by atoms with E-state index in [1.165, 1.54) is 22.3 Å². The zero-order valence-corrected chi connectivity index (χ0v) is 21.3. The molecule has 0 bridgehead atoms. The maximum Gasteiger partial charge on any atom is -0.0635 e. The van der Waals surface area contributed by atoms with Crippen molar-refractivity contribution in [3.8, 4) is 0 Å². The Labute approximate surface area is 177 Å². The number of rotatable bonds is 2. The summed E-state index contributed by atoms with van der Waals surface area (Å²) in [7, 11) is 0. The van der Waals surface area contributed by atoms with Gasteiger partial charge in [-0.15, -0.1) is 0 Å². The zero-order chi connectivity index (χ0) is 17.3. The Morgan fingerprint density at radius 1 is 0.750 bits per heavy atom. The van der Waals surface area contributed by atoms with Gasteiger partial charge in [0.05, 0.1) is 0 Å². The fourth-order valence-electron chi connectivity index (χ4n) is 2.10. The second-order valence-corrected chi connectivity index (χ2v) is 14.2. The maximum absolute atomic E-state index is 2.35. The molecule has 0 aromatic heterocycles. The van der Waals surface area contributed by atoms with Gasteiger partial charge in [0.25, 0.3) is 0 Å². The van der Waals surface area contributed by atoms with Gasteiger partial charge >= 0.3 is 67.5 Å². The molecule has 0 spiro atoms. The van der Waals surface area contributed by atoms with Crippen LogP contribution in [0.2, 0.25) is 11.1 Å². The van der Waals surface area contributed by atoms with E-state index < -0.39 is 0 Å². The molecule has 0 N–H and O–H groups in total. The molecule has 0 aliphatic heterocycles. The van der Waals surface area contributed by atoms with Gasteiger partial charge < -0.3 is 24.8 Å². The van der Waals surface area contributed by atoms with E-state index in [2.05, 4.69) is 91.8 Å². The summed E-state index contributed by atoms with van der Waals surface area (Å²) in [6.07, 6.45) is 0. The van der Waals surface area contributed by atoms with Crippen molar-refractivity contribution in [3.05, 3.63) is 58.7 Å². The summed E-state index contributed by atoms with van der Waals surface area (Å²) in [5.74, 6) is 0. The molecule has 0 heterocycles. The average Bonchev–Trinajstić information content (AvgIpc) is 2.97. The number of hydrogen-bond acceptors (Lipinski definition) is 0. The first-order valence-corrected chi connectivity index (χ1v) is 13.5. The average molecular weight is 463 g/mol. The second kappa shape index (κ2) is 15.6. The molecule has 0 amide bonds. The van der Waals surface area contributed by atoms with Crippen LogP contribution in [0.4, 0.5) is 0 Å². The molecule has 0 fully saturated rings. The van der Waals surface area contributed by atoms with Crippen molar-refractivity contribution < 1.29 is 48.1 Å². The fraction of sp³-hybridized carbons (Fsp3) is 0.500. The molecule has 136 valence electrons. The van der Waals surface area contributed by atoms with E-state index in [1.807, 2.05) is 0 Å². The molecule has 2 rings (SSSR count). The van der Waals surface area contributed by atoms with Crippen LogP contribution in [0.15, 0.2) is 36.4 Å². The topological polar surface area (TPSA) is 0 Å². The van der Waals surface area contributed by atoms with Gasteiger partial charge in [-0.2, -0.15) is 35.4 Å². The summed E-state index contributed by atoms with van der Waals surface area (Å²) in [4.78, 5) is 0. The molecular weight excluding hydrogens is 430 g/mol. The first-order valence-electron chi connectivity index (χ1n) is 8.11. The van der Waals surface area contributed by atoms with Gasteiger partial charge in [0.1, 0.15) is 0 Å². The number of aryl methyl sites for hydroxylation is 4. The molecule has 0 aliphatic rings. The van der Waals surface area contributed by atoms with E-state index in [-0.39, 0.29) is 30.2 Å². The van der Waals surface area contributed by atoms with Crippen LogP contribution in [0.5, 0.6) is 0 Å². The molecule has 2 aromatic rings. The monoisotopic (exact) mass is 460 g/mol. The molecule has 4 heteroatoms. The molecule has 24 heavy (non-hydrogen) atoms. The molecule has 0 radical (unpaired) electrons. The zero-order valence-electron chi connectivity index (χ0n) is 16.4. The summed E-state index contributed by atoms with van der Waals surface area (Å²) in [5, 5.41) is 0. The Morgan fingerprint density at radius 2 is 1.04 bits per heavy atom. The van der Waals surface area contributed by atoms with E-state index in [0.717, 1.165) is 11.1 Å². The van der Waals surface area contributed by atoms with Gasteiger partial charge in [0.2, 0.25) is 0 Å². The van der Waals surface area contributed by atoms with E-state index in [1.54, 1.807) is 23.3 Å². The molecule has 0 saturated carbocycles. The SMILES string of the molecule is CC(C)[Si](=[Zr+2])C(C)C.Cc1c[cH-]c(C)c1.Cc1c[cH-]c(C)c1.[Cl-].[Cl-]. The Morgan fingerprint density at radius 3 is 1.08 bits per heavy atom. The molecule has 0 nitrogen and oxygen atoms in total. The van der Waals surface area contributed by atoms with Crippen molar-refractivity contribution in [2.75, 3.05) is 0 Å². The number of hydrogen-bond donors (Lipinski definition) is 0. The third-order valence-corrected chi connectivity index (χ3v) is 14.4. The summed E-state index contributed by atoms with van der Waals surface area (Å²) in [5.41, 5.74) is 7.47. The van der Waals surface area contributed by atoms with Crippen molar-refractivity contribution in [3.63, 3.8) is 0 Å². The van der Waals surface area contributed by atoms with Crippen LogP contribution >= 0.6 is 0 Å². The minimum absolute atomic E-state index is 0. The van der Waals surface area contributed by atoms with E-state index >= 15 is 0 Å². The molecule has 0 unspecified atom stereocenters. The third kappa shape index (κ3) is 14.7. The van der Waals surface area contributed by atoms with Crippen molar-refractivity contribution in [1.82, 2.24) is 0 Å². The quantitative estimate of drug-likeness (QED) is 0.448. The van der Waals surface area contributed by atoms with Crippen molar-refractivity contribution >= 4 is 5.43 Å². The Hall–Kier alpha value is 0.380. The van der Waals surface area contributed by atoms with Crippen LogP contribution < -0.4 is 24.8 Å². The first kappa shape index (κ1) is 29.2. The van der Waals surface area contributed by atoms with Crippen LogP contribution in [0.1, 0.15) is 49.9 Å². The summed E-state index contributed by atoms with van der Waals surface area (Å²) >= 11 is 1.80. The summed E-state index contributed by atoms with van der Waals surface area (Å²) < 4.78 is 0. The van der Waals surface area contributed by atoms with E-state index in [4.69, 9.17) is 0 Å². The molecule has 0 saturated heterocycles. The van der Waals surface area contributed by atoms with Gasteiger partial charge in [-0.3, -0.25) is 0 Å². The van der Waals surface area contributed by atoms with Crippen molar-refractivity contribution in [2.45, 2.75) is 66.5 Å². The van der Waals surface area contributed by atoms with Gasteiger partial charge in [-0.05, 0) is 0 Å². The fourth-order valence-corrected chi connectivity index (χ4v) is 3.44. The molecule has 0 aliphatic carbocycles. The van der Waals surface area contributed by atoms with E-state index in [0.29, 0.717) is 0 Å². The summed E-state index contributed by atoms with van der Waals surface area (Å²) in [6.45, 7) is 17.8. The standard InChI is InChI=1S/2C7H9.C6H14Si.2ClH.Zr/c2*1-6-3-4-7(2)5-6;1-5(2)7-6(3)4;;;/h2*3-5H,1-2H3;5-6H,1-4H3;2*1H;/q2*-1;;;;+2/p-2. The third-order valence-electron chi connectivity index (χ3n) is 3.37. The van der Waals surface area contributed by atoms with Gasteiger partial charge in [0.15, 0.2) is 0 Å². The smallest absolute Gasteiger partial charge is 0.0635 e. The molecular formula is C20H32Cl2SiZr-2. The maximum atomic E-state index is 2.35. The first-order chi connectivity index (χ1) is 10.1. The van der Waals surface area contributed by atoms with E-state index in [9.17, 15) is 0 Å². The Bertz CT molecular complexity index is 472. The predicted molar refractivity (Wildman–Crippen MR) is 99.0 cm³/mol. The minimum Gasteiger partial charge on any atom is -1.00 e. The second-order valence-electron chi connectivity index (χ2n) is 6.70. The Balaban J connectivity index is -0.000000265. The largest absolute Gasteiger partial charge is 1.00 e. The normalized spacial score (nSPS) is 9.17. The van der Waals surface area contributed by atoms with Crippen LogP contribution in [0.25, 0.3) is 0 Å². The molecule has 0 atom stereocenters.